The van der Waals surface area contributed by atoms with Gasteiger partial charge in [-0.05, 0) is 32.4 Å². The maximum atomic E-state index is 11.9. The topological polar surface area (TPSA) is 3.24 Å². The Kier molecular flexibility index (Phi) is 6.53. The van der Waals surface area contributed by atoms with Crippen LogP contribution < -0.4 is 0 Å². The van der Waals surface area contributed by atoms with Gasteiger partial charge in [0.2, 0.25) is 0 Å². The molecular weight excluding hydrogens is 215 g/mol. The molecule has 0 aliphatic heterocycles. The lowest BCUT2D eigenvalue weighted by atomic mass is 10.1. The van der Waals surface area contributed by atoms with Gasteiger partial charge in [-0.15, -0.1) is 11.6 Å². The van der Waals surface area contributed by atoms with E-state index in [9.17, 15) is 13.2 Å². The largest absolute Gasteiger partial charge is 0.401 e. The molecule has 0 aromatic heterocycles. The van der Waals surface area contributed by atoms with Crippen LogP contribution in [0.25, 0.3) is 0 Å². The van der Waals surface area contributed by atoms with Crippen molar-refractivity contribution in [2.45, 2.75) is 25.9 Å². The van der Waals surface area contributed by atoms with E-state index in [1.807, 2.05) is 6.92 Å². The zero-order chi connectivity index (χ0) is 11.2. The predicted molar refractivity (Wildman–Crippen MR) is 52.7 cm³/mol. The van der Waals surface area contributed by atoms with Gasteiger partial charge in [-0.2, -0.15) is 13.2 Å². The Labute approximate surface area is 88.2 Å². The van der Waals surface area contributed by atoms with Crippen molar-refractivity contribution in [1.82, 2.24) is 4.90 Å². The molecule has 14 heavy (non-hydrogen) atoms. The second-order valence-corrected chi connectivity index (χ2v) is 4.10. The average molecular weight is 232 g/mol. The summed E-state index contributed by atoms with van der Waals surface area (Å²) in [6.07, 6.45) is -2.47. The molecule has 0 aliphatic carbocycles. The van der Waals surface area contributed by atoms with E-state index in [-0.39, 0.29) is 0 Å². The monoisotopic (exact) mass is 231 g/mol. The van der Waals surface area contributed by atoms with Crippen LogP contribution in [0.4, 0.5) is 13.2 Å². The number of rotatable bonds is 6. The highest BCUT2D eigenvalue weighted by atomic mass is 35.5. The Bertz CT molecular complexity index is 149. The molecule has 0 bridgehead atoms. The molecule has 0 N–H and O–H groups in total. The van der Waals surface area contributed by atoms with Gasteiger partial charge in [0.05, 0.1) is 6.54 Å². The molecule has 0 radical (unpaired) electrons. The van der Waals surface area contributed by atoms with Crippen molar-refractivity contribution in [2.75, 3.05) is 26.0 Å². The first-order valence-electron chi connectivity index (χ1n) is 4.66. The maximum Gasteiger partial charge on any atom is 0.401 e. The summed E-state index contributed by atoms with van der Waals surface area (Å²) < 4.78 is 35.7. The van der Waals surface area contributed by atoms with Crippen molar-refractivity contribution in [3.05, 3.63) is 0 Å². The van der Waals surface area contributed by atoms with Crippen molar-refractivity contribution >= 4 is 11.6 Å². The quantitative estimate of drug-likeness (QED) is 0.635. The van der Waals surface area contributed by atoms with Gasteiger partial charge < -0.3 is 0 Å². The van der Waals surface area contributed by atoms with E-state index in [4.69, 9.17) is 11.6 Å². The summed E-state index contributed by atoms with van der Waals surface area (Å²) in [5.74, 6) is 0.965. The highest BCUT2D eigenvalue weighted by Gasteiger charge is 2.28. The van der Waals surface area contributed by atoms with Gasteiger partial charge >= 0.3 is 6.18 Å². The smallest absolute Gasteiger partial charge is 0.298 e. The highest BCUT2D eigenvalue weighted by Crippen LogP contribution is 2.16. The van der Waals surface area contributed by atoms with Crippen molar-refractivity contribution in [3.63, 3.8) is 0 Å². The Hall–Kier alpha value is 0.0400. The number of halogens is 4. The first-order valence-corrected chi connectivity index (χ1v) is 5.20. The Morgan fingerprint density at radius 2 is 1.86 bits per heavy atom. The van der Waals surface area contributed by atoms with E-state index in [0.717, 1.165) is 12.8 Å². The lowest BCUT2D eigenvalue weighted by Gasteiger charge is -2.20. The van der Waals surface area contributed by atoms with Crippen LogP contribution in [0, 0.1) is 5.92 Å². The Morgan fingerprint density at radius 1 is 1.29 bits per heavy atom. The fourth-order valence-electron chi connectivity index (χ4n) is 1.16. The average Bonchev–Trinajstić information content (AvgIpc) is 1.98. The van der Waals surface area contributed by atoms with E-state index < -0.39 is 12.7 Å². The molecule has 5 heteroatoms. The molecule has 0 aliphatic rings. The third-order valence-electron chi connectivity index (χ3n) is 2.05. The van der Waals surface area contributed by atoms with Gasteiger partial charge in [-0.25, -0.2) is 0 Å². The molecule has 0 rings (SSSR count). The summed E-state index contributed by atoms with van der Waals surface area (Å²) in [7, 11) is 1.49. The molecule has 0 aromatic carbocycles. The molecule has 0 aromatic rings. The van der Waals surface area contributed by atoms with Crippen LogP contribution in [0.1, 0.15) is 19.8 Å². The molecule has 0 amide bonds. The predicted octanol–water partition coefficient (Wildman–Crippen LogP) is 3.14. The van der Waals surface area contributed by atoms with E-state index in [2.05, 4.69) is 0 Å². The third kappa shape index (κ3) is 8.63. The van der Waals surface area contributed by atoms with Crippen molar-refractivity contribution in [2.24, 2.45) is 5.92 Å². The van der Waals surface area contributed by atoms with Gasteiger partial charge in [-0.3, -0.25) is 4.90 Å². The lowest BCUT2D eigenvalue weighted by Crippen LogP contribution is -2.32. The summed E-state index contributed by atoms with van der Waals surface area (Å²) >= 11 is 5.52. The molecule has 0 fully saturated rings. The summed E-state index contributed by atoms with van der Waals surface area (Å²) in [6, 6.07) is 0. The molecular formula is C9H17ClF3N. The zero-order valence-corrected chi connectivity index (χ0v) is 9.33. The van der Waals surface area contributed by atoms with Crippen LogP contribution in [0.3, 0.4) is 0 Å². The molecule has 0 saturated carbocycles. The molecule has 0 saturated heterocycles. The van der Waals surface area contributed by atoms with Crippen LogP contribution in [-0.2, 0) is 0 Å². The van der Waals surface area contributed by atoms with Gasteiger partial charge in [0, 0.05) is 5.88 Å². The molecule has 86 valence electrons. The van der Waals surface area contributed by atoms with E-state index in [1.165, 1.54) is 11.9 Å². The number of hydrogen-bond acceptors (Lipinski definition) is 1. The SMILES string of the molecule is CC(CCCl)CCN(C)CC(F)(F)F. The van der Waals surface area contributed by atoms with E-state index in [1.54, 1.807) is 0 Å². The first-order chi connectivity index (χ1) is 6.35. The van der Waals surface area contributed by atoms with Crippen molar-refractivity contribution in [3.8, 4) is 0 Å². The minimum atomic E-state index is -4.09. The highest BCUT2D eigenvalue weighted by molar-refractivity contribution is 6.17. The van der Waals surface area contributed by atoms with Crippen LogP contribution in [0.2, 0.25) is 0 Å². The van der Waals surface area contributed by atoms with Gasteiger partial charge in [-0.1, -0.05) is 6.92 Å². The standard InChI is InChI=1S/C9H17ClF3N/c1-8(3-5-10)4-6-14(2)7-9(11,12)13/h8H,3-7H2,1-2H3. The fourth-order valence-corrected chi connectivity index (χ4v) is 1.53. The van der Waals surface area contributed by atoms with Crippen LogP contribution in [0.15, 0.2) is 0 Å². The Morgan fingerprint density at radius 3 is 2.29 bits per heavy atom. The van der Waals surface area contributed by atoms with Crippen LogP contribution >= 0.6 is 11.6 Å². The first kappa shape index (κ1) is 14.0. The number of alkyl halides is 4. The van der Waals surface area contributed by atoms with Crippen molar-refractivity contribution < 1.29 is 13.2 Å². The molecule has 0 heterocycles. The summed E-state index contributed by atoms with van der Waals surface area (Å²) in [6.45, 7) is 1.64. The second kappa shape index (κ2) is 6.51. The van der Waals surface area contributed by atoms with E-state index in [0.29, 0.717) is 18.3 Å². The van der Waals surface area contributed by atoms with Gasteiger partial charge in [0.1, 0.15) is 0 Å². The number of nitrogens with zero attached hydrogens (tertiary/aromatic N) is 1. The number of hydrogen-bond donors (Lipinski definition) is 0. The van der Waals surface area contributed by atoms with Gasteiger partial charge in [0.25, 0.3) is 0 Å². The molecule has 1 atom stereocenters. The maximum absolute atomic E-state index is 11.9. The summed E-state index contributed by atoms with van der Waals surface area (Å²) in [5, 5.41) is 0. The minimum absolute atomic E-state index is 0.392. The fraction of sp³-hybridized carbons (Fsp3) is 1.00. The van der Waals surface area contributed by atoms with Crippen molar-refractivity contribution in [1.29, 1.82) is 0 Å². The molecule has 0 spiro atoms. The summed E-state index contributed by atoms with van der Waals surface area (Å²) in [4.78, 5) is 1.30. The van der Waals surface area contributed by atoms with E-state index >= 15 is 0 Å². The molecule has 1 nitrogen and oxygen atoms in total. The summed E-state index contributed by atoms with van der Waals surface area (Å²) in [5.41, 5.74) is 0. The van der Waals surface area contributed by atoms with Crippen LogP contribution in [0.5, 0.6) is 0 Å². The normalized spacial score (nSPS) is 14.8. The third-order valence-corrected chi connectivity index (χ3v) is 2.27. The lowest BCUT2D eigenvalue weighted by molar-refractivity contribution is -0.143. The molecule has 1 unspecified atom stereocenters. The van der Waals surface area contributed by atoms with Gasteiger partial charge in [0.15, 0.2) is 0 Å². The van der Waals surface area contributed by atoms with Crippen LogP contribution in [-0.4, -0.2) is 37.1 Å². The zero-order valence-electron chi connectivity index (χ0n) is 8.57. The Balaban J connectivity index is 3.58. The minimum Gasteiger partial charge on any atom is -0.298 e. The second-order valence-electron chi connectivity index (χ2n) is 3.72.